The van der Waals surface area contributed by atoms with Crippen LogP contribution in [-0.4, -0.2) is 46.6 Å². The van der Waals surface area contributed by atoms with E-state index in [0.717, 1.165) is 42.9 Å². The molecule has 126 valence electrons. The van der Waals surface area contributed by atoms with Crippen LogP contribution in [0.3, 0.4) is 0 Å². The highest BCUT2D eigenvalue weighted by molar-refractivity contribution is 7.98. The second-order valence-corrected chi connectivity index (χ2v) is 6.78. The number of hydrogen-bond donors (Lipinski definition) is 2. The van der Waals surface area contributed by atoms with Crippen LogP contribution < -0.4 is 10.6 Å². The van der Waals surface area contributed by atoms with E-state index < -0.39 is 0 Å². The number of guanidine groups is 1. The van der Waals surface area contributed by atoms with E-state index in [1.807, 2.05) is 6.26 Å². The third-order valence-electron chi connectivity index (χ3n) is 3.04. The zero-order chi connectivity index (χ0) is 16.5. The van der Waals surface area contributed by atoms with E-state index in [1.165, 1.54) is 0 Å². The number of aliphatic imine (C=N–C) groups is 1. The van der Waals surface area contributed by atoms with Gasteiger partial charge < -0.3 is 15.2 Å². The average molecular weight is 327 g/mol. The number of nitrogens with zero attached hydrogens (tertiary/aromatic N) is 4. The molecule has 0 aliphatic heterocycles. The van der Waals surface area contributed by atoms with E-state index in [2.05, 4.69) is 58.1 Å². The predicted octanol–water partition coefficient (Wildman–Crippen LogP) is 2.16. The van der Waals surface area contributed by atoms with E-state index in [-0.39, 0.29) is 0 Å². The highest BCUT2D eigenvalue weighted by atomic mass is 32.2. The maximum Gasteiger partial charge on any atom is 0.191 e. The minimum absolute atomic E-state index is 0.379. The Morgan fingerprint density at radius 2 is 2.00 bits per heavy atom. The van der Waals surface area contributed by atoms with Crippen molar-refractivity contribution in [3.63, 3.8) is 0 Å². The first-order valence-electron chi connectivity index (χ1n) is 7.91. The highest BCUT2D eigenvalue weighted by Crippen LogP contribution is 2.16. The van der Waals surface area contributed by atoms with Crippen LogP contribution in [0, 0.1) is 5.92 Å². The maximum absolute atomic E-state index is 4.34. The second-order valence-electron chi connectivity index (χ2n) is 6.01. The molecule has 1 heterocycles. The summed E-state index contributed by atoms with van der Waals surface area (Å²) in [6.45, 7) is 10.5. The van der Waals surface area contributed by atoms with Crippen LogP contribution in [0.5, 0.6) is 0 Å². The first kappa shape index (κ1) is 18.8. The van der Waals surface area contributed by atoms with E-state index in [4.69, 9.17) is 0 Å². The lowest BCUT2D eigenvalue weighted by molar-refractivity contribution is 0.477. The number of nitrogens with one attached hydrogen (secondary N) is 2. The number of hydrogen-bond acceptors (Lipinski definition) is 4. The first-order chi connectivity index (χ1) is 10.5. The molecule has 0 aliphatic rings. The zero-order valence-corrected chi connectivity index (χ0v) is 15.5. The van der Waals surface area contributed by atoms with Gasteiger partial charge in [-0.25, -0.2) is 0 Å². The molecule has 1 aromatic rings. The van der Waals surface area contributed by atoms with Crippen molar-refractivity contribution in [3.8, 4) is 0 Å². The number of aromatic nitrogens is 3. The van der Waals surface area contributed by atoms with Gasteiger partial charge in [0.05, 0.1) is 0 Å². The Hall–Kier alpha value is -1.24. The third-order valence-corrected chi connectivity index (χ3v) is 3.71. The molecule has 2 N–H and O–H groups in total. The molecule has 0 fully saturated rings. The summed E-state index contributed by atoms with van der Waals surface area (Å²) in [5.41, 5.74) is 0. The van der Waals surface area contributed by atoms with Gasteiger partial charge in [0.2, 0.25) is 0 Å². The second kappa shape index (κ2) is 9.71. The quantitative estimate of drug-likeness (QED) is 0.332. The summed E-state index contributed by atoms with van der Waals surface area (Å²) in [5.74, 6) is 2.52. The summed E-state index contributed by atoms with van der Waals surface area (Å²) in [7, 11) is 1.79. The van der Waals surface area contributed by atoms with E-state index in [0.29, 0.717) is 12.0 Å². The Bertz CT molecular complexity index is 467. The molecule has 0 amide bonds. The molecule has 0 bridgehead atoms. The maximum atomic E-state index is 4.34. The molecule has 0 radical (unpaired) electrons. The molecule has 7 heteroatoms. The molecule has 1 rings (SSSR count). The fourth-order valence-electron chi connectivity index (χ4n) is 2.12. The predicted molar refractivity (Wildman–Crippen MR) is 94.6 cm³/mol. The lowest BCUT2D eigenvalue weighted by atomic mass is 10.2. The lowest BCUT2D eigenvalue weighted by Crippen LogP contribution is -2.41. The minimum Gasteiger partial charge on any atom is -0.356 e. The summed E-state index contributed by atoms with van der Waals surface area (Å²) in [4.78, 5) is 4.20. The van der Waals surface area contributed by atoms with Crippen molar-refractivity contribution in [2.45, 2.75) is 58.3 Å². The van der Waals surface area contributed by atoms with Crippen molar-refractivity contribution in [1.82, 2.24) is 25.4 Å². The Balaban J connectivity index is 2.49. The van der Waals surface area contributed by atoms with Gasteiger partial charge in [0, 0.05) is 32.6 Å². The van der Waals surface area contributed by atoms with Crippen LogP contribution in [0.2, 0.25) is 0 Å². The molecule has 0 saturated carbocycles. The molecule has 0 spiro atoms. The summed E-state index contributed by atoms with van der Waals surface area (Å²) in [5, 5.41) is 16.2. The van der Waals surface area contributed by atoms with Crippen LogP contribution in [0.15, 0.2) is 10.1 Å². The third kappa shape index (κ3) is 6.25. The van der Waals surface area contributed by atoms with Gasteiger partial charge in [0.15, 0.2) is 11.1 Å². The summed E-state index contributed by atoms with van der Waals surface area (Å²) in [6, 6.07) is 0.379. The van der Waals surface area contributed by atoms with E-state index >= 15 is 0 Å². The SMILES string of the molecule is CN=C(NCCCc1nnc(SC)n1CC(C)C)NC(C)C. The van der Waals surface area contributed by atoms with Gasteiger partial charge in [-0.3, -0.25) is 4.99 Å². The van der Waals surface area contributed by atoms with E-state index in [1.54, 1.807) is 18.8 Å². The normalized spacial score (nSPS) is 12.3. The Morgan fingerprint density at radius 3 is 2.55 bits per heavy atom. The number of aryl methyl sites for hydroxylation is 1. The first-order valence-corrected chi connectivity index (χ1v) is 9.13. The topological polar surface area (TPSA) is 67.1 Å². The molecular weight excluding hydrogens is 296 g/mol. The van der Waals surface area contributed by atoms with Crippen LogP contribution in [0.25, 0.3) is 0 Å². The van der Waals surface area contributed by atoms with Gasteiger partial charge in [-0.2, -0.15) is 0 Å². The Labute approximate surface area is 138 Å². The summed E-state index contributed by atoms with van der Waals surface area (Å²) >= 11 is 1.66. The smallest absolute Gasteiger partial charge is 0.191 e. The Kier molecular flexibility index (Phi) is 8.30. The van der Waals surface area contributed by atoms with Crippen LogP contribution in [0.4, 0.5) is 0 Å². The largest absolute Gasteiger partial charge is 0.356 e. The van der Waals surface area contributed by atoms with Gasteiger partial charge in [0.1, 0.15) is 5.82 Å². The molecular formula is C15H30N6S. The van der Waals surface area contributed by atoms with Crippen LogP contribution >= 0.6 is 11.8 Å². The van der Waals surface area contributed by atoms with Gasteiger partial charge in [-0.05, 0) is 32.4 Å². The highest BCUT2D eigenvalue weighted by Gasteiger charge is 2.12. The fraction of sp³-hybridized carbons (Fsp3) is 0.800. The van der Waals surface area contributed by atoms with E-state index in [9.17, 15) is 0 Å². The van der Waals surface area contributed by atoms with Crippen molar-refractivity contribution < 1.29 is 0 Å². The molecule has 0 unspecified atom stereocenters. The van der Waals surface area contributed by atoms with Gasteiger partial charge in [0.25, 0.3) is 0 Å². The Morgan fingerprint density at radius 1 is 1.27 bits per heavy atom. The molecule has 6 nitrogen and oxygen atoms in total. The average Bonchev–Trinajstić information content (AvgIpc) is 2.83. The zero-order valence-electron chi connectivity index (χ0n) is 14.7. The number of thioether (sulfide) groups is 1. The molecule has 0 atom stereocenters. The van der Waals surface area contributed by atoms with Crippen molar-refractivity contribution in [2.75, 3.05) is 19.8 Å². The van der Waals surface area contributed by atoms with Crippen LogP contribution in [0.1, 0.15) is 39.9 Å². The molecule has 0 aliphatic carbocycles. The summed E-state index contributed by atoms with van der Waals surface area (Å²) in [6.07, 6.45) is 3.98. The monoisotopic (exact) mass is 326 g/mol. The van der Waals surface area contributed by atoms with Crippen molar-refractivity contribution in [3.05, 3.63) is 5.82 Å². The fourth-order valence-corrected chi connectivity index (χ4v) is 2.65. The summed E-state index contributed by atoms with van der Waals surface area (Å²) < 4.78 is 2.25. The standard InChI is InChI=1S/C15H30N6S/c1-11(2)10-21-13(19-20-15(21)22-6)8-7-9-17-14(16-5)18-12(3)4/h11-12H,7-10H2,1-6H3,(H2,16,17,18). The van der Waals surface area contributed by atoms with Gasteiger partial charge >= 0.3 is 0 Å². The molecule has 1 aromatic heterocycles. The van der Waals surface area contributed by atoms with Crippen LogP contribution in [-0.2, 0) is 13.0 Å². The van der Waals surface area contributed by atoms with Crippen molar-refractivity contribution in [1.29, 1.82) is 0 Å². The van der Waals surface area contributed by atoms with Crippen molar-refractivity contribution >= 4 is 17.7 Å². The lowest BCUT2D eigenvalue weighted by Gasteiger charge is -2.14. The van der Waals surface area contributed by atoms with Gasteiger partial charge in [-0.1, -0.05) is 25.6 Å². The molecule has 22 heavy (non-hydrogen) atoms. The van der Waals surface area contributed by atoms with Crippen molar-refractivity contribution in [2.24, 2.45) is 10.9 Å². The minimum atomic E-state index is 0.379. The van der Waals surface area contributed by atoms with Gasteiger partial charge in [-0.15, -0.1) is 10.2 Å². The molecule has 0 aromatic carbocycles. The number of rotatable bonds is 8. The molecule has 0 saturated heterocycles.